The number of carbonyl (C=O) groups excluding carboxylic acids is 1. The van der Waals surface area contributed by atoms with E-state index in [4.69, 9.17) is 4.74 Å². The molecule has 1 N–H and O–H groups in total. The molecule has 4 nitrogen and oxygen atoms in total. The van der Waals surface area contributed by atoms with Crippen LogP contribution in [0.4, 0.5) is 0 Å². The molecule has 1 aromatic heterocycles. The molecule has 0 saturated heterocycles. The second-order valence-corrected chi connectivity index (χ2v) is 5.25. The van der Waals surface area contributed by atoms with Crippen molar-refractivity contribution in [2.45, 2.75) is 4.83 Å². The van der Waals surface area contributed by atoms with Crippen LogP contribution in [0.5, 0.6) is 5.88 Å². The highest BCUT2D eigenvalue weighted by Gasteiger charge is 2.14. The number of alkyl halides is 1. The Kier molecular flexibility index (Phi) is 5.12. The number of aromatic nitrogens is 1. The van der Waals surface area contributed by atoms with E-state index in [1.165, 1.54) is 7.11 Å². The predicted molar refractivity (Wildman–Crippen MR) is 81.2 cm³/mol. The highest BCUT2D eigenvalue weighted by Crippen LogP contribution is 2.21. The zero-order chi connectivity index (χ0) is 14.4. The van der Waals surface area contributed by atoms with Crippen LogP contribution in [0.1, 0.15) is 20.7 Å². The van der Waals surface area contributed by atoms with Crippen molar-refractivity contribution < 1.29 is 9.53 Å². The lowest BCUT2D eigenvalue weighted by molar-refractivity contribution is 0.0950. The number of hydrogen-bond acceptors (Lipinski definition) is 3. The van der Waals surface area contributed by atoms with Gasteiger partial charge >= 0.3 is 0 Å². The Hall–Kier alpha value is -1.88. The fraction of sp³-hybridized carbons (Fsp3) is 0.200. The minimum absolute atomic E-state index is 0.0651. The number of hydrogen-bond donors (Lipinski definition) is 1. The number of ether oxygens (including phenoxy) is 1. The third kappa shape index (κ3) is 3.57. The smallest absolute Gasteiger partial charge is 0.256 e. The minimum atomic E-state index is -0.199. The zero-order valence-electron chi connectivity index (χ0n) is 11.0. The van der Waals surface area contributed by atoms with Crippen LogP contribution in [0.2, 0.25) is 0 Å². The second kappa shape index (κ2) is 7.05. The van der Waals surface area contributed by atoms with E-state index in [9.17, 15) is 4.79 Å². The zero-order valence-corrected chi connectivity index (χ0v) is 12.6. The van der Waals surface area contributed by atoms with Gasteiger partial charge in [0.25, 0.3) is 5.91 Å². The van der Waals surface area contributed by atoms with Gasteiger partial charge in [-0.05, 0) is 17.7 Å². The first-order chi connectivity index (χ1) is 9.72. The molecule has 0 fully saturated rings. The molecular weight excluding hydrogens is 320 g/mol. The first kappa shape index (κ1) is 14.5. The Morgan fingerprint density at radius 1 is 1.30 bits per heavy atom. The van der Waals surface area contributed by atoms with Crippen LogP contribution in [0.25, 0.3) is 0 Å². The van der Waals surface area contributed by atoms with Gasteiger partial charge in [-0.15, -0.1) is 0 Å². The van der Waals surface area contributed by atoms with Crippen molar-refractivity contribution in [1.82, 2.24) is 10.3 Å². The summed E-state index contributed by atoms with van der Waals surface area (Å²) < 4.78 is 5.07. The number of nitrogens with one attached hydrogen (secondary N) is 1. The van der Waals surface area contributed by atoms with Crippen molar-refractivity contribution in [3.8, 4) is 5.88 Å². The van der Waals surface area contributed by atoms with Crippen LogP contribution in [0, 0.1) is 0 Å². The van der Waals surface area contributed by atoms with Crippen LogP contribution >= 0.6 is 15.9 Å². The number of pyridine rings is 1. The van der Waals surface area contributed by atoms with Gasteiger partial charge < -0.3 is 10.1 Å². The molecule has 0 bridgehead atoms. The predicted octanol–water partition coefficient (Wildman–Crippen LogP) is 2.96. The molecule has 2 rings (SSSR count). The van der Waals surface area contributed by atoms with E-state index in [0.29, 0.717) is 18.0 Å². The van der Waals surface area contributed by atoms with Crippen LogP contribution in [0.15, 0.2) is 48.7 Å². The van der Waals surface area contributed by atoms with E-state index in [2.05, 4.69) is 26.2 Å². The normalized spacial score (nSPS) is 11.7. The number of nitrogens with zero attached hydrogens (tertiary/aromatic N) is 1. The fourth-order valence-electron chi connectivity index (χ4n) is 1.78. The van der Waals surface area contributed by atoms with Gasteiger partial charge in [-0.3, -0.25) is 4.79 Å². The fourth-order valence-corrected chi connectivity index (χ4v) is 2.25. The van der Waals surface area contributed by atoms with Gasteiger partial charge in [0.1, 0.15) is 5.56 Å². The summed E-state index contributed by atoms with van der Waals surface area (Å²) in [5.74, 6) is 0.131. The summed E-state index contributed by atoms with van der Waals surface area (Å²) >= 11 is 3.56. The molecule has 0 aliphatic heterocycles. The van der Waals surface area contributed by atoms with Crippen LogP contribution in [-0.4, -0.2) is 24.5 Å². The third-order valence-corrected chi connectivity index (χ3v) is 3.66. The van der Waals surface area contributed by atoms with Crippen molar-refractivity contribution >= 4 is 21.8 Å². The first-order valence-corrected chi connectivity index (χ1v) is 7.10. The summed E-state index contributed by atoms with van der Waals surface area (Å²) in [6, 6.07) is 13.3. The highest BCUT2D eigenvalue weighted by atomic mass is 79.9. The van der Waals surface area contributed by atoms with Gasteiger partial charge in [-0.2, -0.15) is 0 Å². The summed E-state index contributed by atoms with van der Waals surface area (Å²) in [7, 11) is 1.50. The SMILES string of the molecule is COc1ncccc1C(=O)NCC(Br)c1ccccc1. The highest BCUT2D eigenvalue weighted by molar-refractivity contribution is 9.09. The Balaban J connectivity index is 1.99. The number of methoxy groups -OCH3 is 1. The van der Waals surface area contributed by atoms with E-state index in [0.717, 1.165) is 5.56 Å². The van der Waals surface area contributed by atoms with Crippen molar-refractivity contribution in [2.75, 3.05) is 13.7 Å². The topological polar surface area (TPSA) is 51.2 Å². The number of carbonyl (C=O) groups is 1. The molecule has 1 aromatic carbocycles. The average Bonchev–Trinajstić information content (AvgIpc) is 2.53. The Morgan fingerprint density at radius 3 is 2.75 bits per heavy atom. The summed E-state index contributed by atoms with van der Waals surface area (Å²) in [5, 5.41) is 2.87. The van der Waals surface area contributed by atoms with Crippen molar-refractivity contribution in [2.24, 2.45) is 0 Å². The number of amides is 1. The van der Waals surface area contributed by atoms with E-state index in [-0.39, 0.29) is 10.7 Å². The largest absolute Gasteiger partial charge is 0.480 e. The molecule has 1 atom stereocenters. The van der Waals surface area contributed by atoms with Crippen molar-refractivity contribution in [3.05, 3.63) is 59.8 Å². The molecule has 1 heterocycles. The van der Waals surface area contributed by atoms with Crippen LogP contribution in [-0.2, 0) is 0 Å². The minimum Gasteiger partial charge on any atom is -0.480 e. The molecule has 0 saturated carbocycles. The van der Waals surface area contributed by atoms with Crippen molar-refractivity contribution in [3.63, 3.8) is 0 Å². The van der Waals surface area contributed by atoms with Crippen molar-refractivity contribution in [1.29, 1.82) is 0 Å². The van der Waals surface area contributed by atoms with Crippen LogP contribution in [0.3, 0.4) is 0 Å². The Bertz CT molecular complexity index is 575. The van der Waals surface area contributed by atoms with E-state index >= 15 is 0 Å². The molecule has 1 amide bonds. The molecule has 20 heavy (non-hydrogen) atoms. The van der Waals surface area contributed by atoms with E-state index in [1.54, 1.807) is 18.3 Å². The molecule has 0 aliphatic rings. The van der Waals surface area contributed by atoms with E-state index in [1.807, 2.05) is 30.3 Å². The monoisotopic (exact) mass is 334 g/mol. The Morgan fingerprint density at radius 2 is 2.05 bits per heavy atom. The summed E-state index contributed by atoms with van der Waals surface area (Å²) in [5.41, 5.74) is 1.55. The lowest BCUT2D eigenvalue weighted by atomic mass is 10.1. The maximum absolute atomic E-state index is 12.1. The summed E-state index contributed by atoms with van der Waals surface area (Å²) in [6.07, 6.45) is 1.59. The lowest BCUT2D eigenvalue weighted by Crippen LogP contribution is -2.27. The molecule has 1 unspecified atom stereocenters. The number of benzene rings is 1. The second-order valence-electron chi connectivity index (χ2n) is 4.15. The molecular formula is C15H15BrN2O2. The molecule has 2 aromatic rings. The van der Waals surface area contributed by atoms with Crippen LogP contribution < -0.4 is 10.1 Å². The van der Waals surface area contributed by atoms with Gasteiger partial charge in [-0.25, -0.2) is 4.98 Å². The molecule has 5 heteroatoms. The van der Waals surface area contributed by atoms with Gasteiger partial charge in [0.05, 0.1) is 11.9 Å². The van der Waals surface area contributed by atoms with Gasteiger partial charge in [-0.1, -0.05) is 46.3 Å². The molecule has 0 radical (unpaired) electrons. The third-order valence-electron chi connectivity index (χ3n) is 2.81. The average molecular weight is 335 g/mol. The molecule has 104 valence electrons. The lowest BCUT2D eigenvalue weighted by Gasteiger charge is -2.12. The van der Waals surface area contributed by atoms with Gasteiger partial charge in [0.15, 0.2) is 0 Å². The number of rotatable bonds is 5. The summed E-state index contributed by atoms with van der Waals surface area (Å²) in [4.78, 5) is 16.2. The first-order valence-electron chi connectivity index (χ1n) is 6.18. The molecule has 0 aliphatic carbocycles. The van der Waals surface area contributed by atoms with Gasteiger partial charge in [0, 0.05) is 12.7 Å². The standard InChI is InChI=1S/C15H15BrN2O2/c1-20-15-12(8-5-9-17-15)14(19)18-10-13(16)11-6-3-2-4-7-11/h2-9,13H,10H2,1H3,(H,18,19). The van der Waals surface area contributed by atoms with Gasteiger partial charge in [0.2, 0.25) is 5.88 Å². The Labute approximate surface area is 126 Å². The van der Waals surface area contributed by atoms with E-state index < -0.39 is 0 Å². The summed E-state index contributed by atoms with van der Waals surface area (Å²) in [6.45, 7) is 0.487. The number of halogens is 1. The maximum atomic E-state index is 12.1. The molecule has 0 spiro atoms. The quantitative estimate of drug-likeness (QED) is 0.855. The maximum Gasteiger partial charge on any atom is 0.256 e.